The second-order valence-electron chi connectivity index (χ2n) is 5.71. The van der Waals surface area contributed by atoms with E-state index in [0.717, 1.165) is 38.8 Å². The molecule has 0 unspecified atom stereocenters. The van der Waals surface area contributed by atoms with Gasteiger partial charge in [0.05, 0.1) is 6.07 Å². The smallest absolute Gasteiger partial charge is 0.221 e. The van der Waals surface area contributed by atoms with E-state index in [1.807, 2.05) is 0 Å². The number of hydrogen-bond donors (Lipinski definition) is 1. The first-order chi connectivity index (χ1) is 9.12. The Morgan fingerprint density at radius 1 is 1.26 bits per heavy atom. The third-order valence-corrected chi connectivity index (χ3v) is 3.94. The Balaban J connectivity index is 2.28. The molecule has 4 nitrogen and oxygen atoms in total. The van der Waals surface area contributed by atoms with Crippen molar-refractivity contribution < 1.29 is 4.79 Å². The Bertz CT molecular complexity index is 314. The minimum absolute atomic E-state index is 0.0441. The van der Waals surface area contributed by atoms with Crippen molar-refractivity contribution in [2.75, 3.05) is 20.1 Å². The number of amides is 1. The lowest BCUT2D eigenvalue weighted by molar-refractivity contribution is -0.123. The van der Waals surface area contributed by atoms with Gasteiger partial charge in [0.15, 0.2) is 0 Å². The number of carbonyl (C=O) groups is 1. The fraction of sp³-hybridized carbons (Fsp3) is 0.867. The van der Waals surface area contributed by atoms with Gasteiger partial charge in [0.1, 0.15) is 5.54 Å². The lowest BCUT2D eigenvalue weighted by atomic mass is 9.89. The van der Waals surface area contributed by atoms with Gasteiger partial charge >= 0.3 is 0 Å². The van der Waals surface area contributed by atoms with Crippen molar-refractivity contribution in [3.63, 3.8) is 0 Å². The lowest BCUT2D eigenvalue weighted by Crippen LogP contribution is -2.53. The second kappa shape index (κ2) is 8.16. The minimum Gasteiger partial charge on any atom is -0.338 e. The first kappa shape index (κ1) is 16.0. The van der Waals surface area contributed by atoms with Gasteiger partial charge in [-0.3, -0.25) is 4.79 Å². The molecule has 1 aliphatic rings. The fourth-order valence-electron chi connectivity index (χ4n) is 2.48. The zero-order valence-corrected chi connectivity index (χ0v) is 12.4. The molecule has 108 valence electrons. The Morgan fingerprint density at radius 2 is 1.89 bits per heavy atom. The molecule has 0 atom stereocenters. The summed E-state index contributed by atoms with van der Waals surface area (Å²) in [5.41, 5.74) is -0.618. The summed E-state index contributed by atoms with van der Waals surface area (Å²) in [6, 6.07) is 2.32. The molecule has 0 aromatic carbocycles. The minimum atomic E-state index is -0.618. The van der Waals surface area contributed by atoms with Crippen molar-refractivity contribution in [3.8, 4) is 6.07 Å². The molecule has 1 N–H and O–H groups in total. The Morgan fingerprint density at radius 3 is 2.47 bits per heavy atom. The normalized spacial score (nSPS) is 18.8. The number of nitrogens with zero attached hydrogens (tertiary/aromatic N) is 2. The van der Waals surface area contributed by atoms with Gasteiger partial charge in [-0.1, -0.05) is 32.6 Å². The van der Waals surface area contributed by atoms with E-state index < -0.39 is 5.54 Å². The van der Waals surface area contributed by atoms with Crippen LogP contribution in [0.2, 0.25) is 0 Å². The number of rotatable bonds is 7. The predicted molar refractivity (Wildman–Crippen MR) is 76.6 cm³/mol. The van der Waals surface area contributed by atoms with E-state index in [0.29, 0.717) is 6.42 Å². The maximum Gasteiger partial charge on any atom is 0.221 e. The molecule has 1 heterocycles. The molecule has 19 heavy (non-hydrogen) atoms. The maximum absolute atomic E-state index is 11.9. The first-order valence-electron chi connectivity index (χ1n) is 7.53. The molecule has 0 aliphatic carbocycles. The molecule has 0 aromatic heterocycles. The highest BCUT2D eigenvalue weighted by molar-refractivity contribution is 5.77. The molecule has 4 heteroatoms. The summed E-state index contributed by atoms with van der Waals surface area (Å²) in [6.07, 6.45) is 7.76. The molecule has 0 saturated carbocycles. The molecule has 0 radical (unpaired) electrons. The molecule has 0 bridgehead atoms. The van der Waals surface area contributed by atoms with Gasteiger partial charge in [-0.05, 0) is 26.3 Å². The van der Waals surface area contributed by atoms with Gasteiger partial charge in [0, 0.05) is 19.5 Å². The summed E-state index contributed by atoms with van der Waals surface area (Å²) in [5, 5.41) is 12.3. The Kier molecular flexibility index (Phi) is 6.86. The third kappa shape index (κ3) is 5.61. The largest absolute Gasteiger partial charge is 0.338 e. The highest BCUT2D eigenvalue weighted by atomic mass is 16.1. The molecular weight excluding hydrogens is 238 g/mol. The van der Waals surface area contributed by atoms with Crippen LogP contribution in [-0.2, 0) is 4.79 Å². The summed E-state index contributed by atoms with van der Waals surface area (Å²) in [5.74, 6) is 0.0441. The van der Waals surface area contributed by atoms with Gasteiger partial charge in [0.2, 0.25) is 5.91 Å². The topological polar surface area (TPSA) is 56.1 Å². The van der Waals surface area contributed by atoms with E-state index in [1.54, 1.807) is 0 Å². The molecule has 1 fully saturated rings. The SMILES string of the molecule is CCCCCCCC(=O)NC1(C#N)CCN(C)CC1. The van der Waals surface area contributed by atoms with Gasteiger partial charge in [-0.15, -0.1) is 0 Å². The molecule has 1 saturated heterocycles. The van der Waals surface area contributed by atoms with Crippen LogP contribution >= 0.6 is 0 Å². The van der Waals surface area contributed by atoms with Gasteiger partial charge in [-0.2, -0.15) is 5.26 Å². The van der Waals surface area contributed by atoms with Crippen molar-refractivity contribution in [2.45, 2.75) is 63.8 Å². The van der Waals surface area contributed by atoms with E-state index in [1.165, 1.54) is 19.3 Å². The number of hydrogen-bond acceptors (Lipinski definition) is 3. The van der Waals surface area contributed by atoms with E-state index in [9.17, 15) is 10.1 Å². The number of nitrogens with one attached hydrogen (secondary N) is 1. The van der Waals surface area contributed by atoms with E-state index in [2.05, 4.69) is 30.3 Å². The van der Waals surface area contributed by atoms with Crippen LogP contribution in [0, 0.1) is 11.3 Å². The van der Waals surface area contributed by atoms with Crippen molar-refractivity contribution in [2.24, 2.45) is 0 Å². The van der Waals surface area contributed by atoms with Gasteiger partial charge < -0.3 is 10.2 Å². The lowest BCUT2D eigenvalue weighted by Gasteiger charge is -2.36. The van der Waals surface area contributed by atoms with E-state index in [-0.39, 0.29) is 5.91 Å². The molecule has 1 aliphatic heterocycles. The average molecular weight is 265 g/mol. The number of unbranched alkanes of at least 4 members (excludes halogenated alkanes) is 4. The van der Waals surface area contributed by atoms with E-state index >= 15 is 0 Å². The predicted octanol–water partition coefficient (Wildman–Crippen LogP) is 2.45. The van der Waals surface area contributed by atoms with Crippen molar-refractivity contribution in [1.29, 1.82) is 5.26 Å². The van der Waals surface area contributed by atoms with Crippen LogP contribution in [0.4, 0.5) is 0 Å². The monoisotopic (exact) mass is 265 g/mol. The summed E-state index contributed by atoms with van der Waals surface area (Å²) in [6.45, 7) is 3.94. The number of nitriles is 1. The number of likely N-dealkylation sites (tertiary alicyclic amines) is 1. The summed E-state index contributed by atoms with van der Waals surface area (Å²) < 4.78 is 0. The van der Waals surface area contributed by atoms with Crippen molar-refractivity contribution in [3.05, 3.63) is 0 Å². The standard InChI is InChI=1S/C15H27N3O/c1-3-4-5-6-7-8-14(19)17-15(13-16)9-11-18(2)12-10-15/h3-12H2,1-2H3,(H,17,19). The van der Waals surface area contributed by atoms with Crippen molar-refractivity contribution >= 4 is 5.91 Å². The van der Waals surface area contributed by atoms with Crippen LogP contribution in [0.1, 0.15) is 58.3 Å². The summed E-state index contributed by atoms with van der Waals surface area (Å²) in [4.78, 5) is 14.1. The van der Waals surface area contributed by atoms with Gasteiger partial charge in [-0.25, -0.2) is 0 Å². The van der Waals surface area contributed by atoms with Crippen LogP contribution in [0.5, 0.6) is 0 Å². The summed E-state index contributed by atoms with van der Waals surface area (Å²) in [7, 11) is 2.05. The zero-order valence-electron chi connectivity index (χ0n) is 12.4. The zero-order chi connectivity index (χ0) is 14.1. The Labute approximate surface area is 117 Å². The van der Waals surface area contributed by atoms with Crippen molar-refractivity contribution in [1.82, 2.24) is 10.2 Å². The third-order valence-electron chi connectivity index (χ3n) is 3.94. The number of piperidine rings is 1. The van der Waals surface area contributed by atoms with Crippen LogP contribution in [-0.4, -0.2) is 36.5 Å². The van der Waals surface area contributed by atoms with Crippen LogP contribution in [0.15, 0.2) is 0 Å². The van der Waals surface area contributed by atoms with Crippen LogP contribution in [0.3, 0.4) is 0 Å². The molecule has 0 aromatic rings. The van der Waals surface area contributed by atoms with Crippen LogP contribution < -0.4 is 5.32 Å². The number of carbonyl (C=O) groups excluding carboxylic acids is 1. The summed E-state index contributed by atoms with van der Waals surface area (Å²) >= 11 is 0. The molecule has 0 spiro atoms. The quantitative estimate of drug-likeness (QED) is 0.719. The molecular formula is C15H27N3O. The average Bonchev–Trinajstić information content (AvgIpc) is 2.41. The first-order valence-corrected chi connectivity index (χ1v) is 7.53. The molecule has 1 rings (SSSR count). The van der Waals surface area contributed by atoms with Gasteiger partial charge in [0.25, 0.3) is 0 Å². The Hall–Kier alpha value is -1.08. The van der Waals surface area contributed by atoms with Crippen LogP contribution in [0.25, 0.3) is 0 Å². The maximum atomic E-state index is 11.9. The molecule has 1 amide bonds. The second-order valence-corrected chi connectivity index (χ2v) is 5.71. The fourth-order valence-corrected chi connectivity index (χ4v) is 2.48. The highest BCUT2D eigenvalue weighted by Crippen LogP contribution is 2.21. The highest BCUT2D eigenvalue weighted by Gasteiger charge is 2.34. The van der Waals surface area contributed by atoms with E-state index in [4.69, 9.17) is 0 Å².